The molecule has 1 aromatic heterocycles. The van der Waals surface area contributed by atoms with E-state index in [0.717, 1.165) is 0 Å². The molecule has 0 fully saturated rings. The van der Waals surface area contributed by atoms with Gasteiger partial charge in [-0.25, -0.2) is 4.39 Å². The summed E-state index contributed by atoms with van der Waals surface area (Å²) in [6.45, 7) is 0. The van der Waals surface area contributed by atoms with Crippen molar-refractivity contribution < 1.29 is 23.6 Å². The fourth-order valence-corrected chi connectivity index (χ4v) is 1.26. The van der Waals surface area contributed by atoms with Crippen LogP contribution in [0.25, 0.3) is 0 Å². The molecular formula is C11H9BFNO3+. The van der Waals surface area contributed by atoms with Crippen molar-refractivity contribution in [2.75, 3.05) is 0 Å². The van der Waals surface area contributed by atoms with Gasteiger partial charge in [-0.2, -0.15) is 0 Å². The predicted molar refractivity (Wildman–Crippen MR) is 57.7 cm³/mol. The van der Waals surface area contributed by atoms with Crippen molar-refractivity contribution in [3.63, 3.8) is 0 Å². The minimum Gasteiger partial charge on any atom is -0.457 e. The fourth-order valence-electron chi connectivity index (χ4n) is 1.26. The Morgan fingerprint density at radius 1 is 1.12 bits per heavy atom. The summed E-state index contributed by atoms with van der Waals surface area (Å²) in [7, 11) is 0.563. The highest BCUT2D eigenvalue weighted by atomic mass is 19.1. The van der Waals surface area contributed by atoms with Crippen LogP contribution in [0.1, 0.15) is 0 Å². The van der Waals surface area contributed by atoms with Gasteiger partial charge in [-0.3, -0.25) is 0 Å². The molecule has 1 aromatic carbocycles. The first kappa shape index (κ1) is 11.4. The molecule has 0 unspecified atom stereocenters. The van der Waals surface area contributed by atoms with Crippen molar-refractivity contribution in [2.24, 2.45) is 0 Å². The van der Waals surface area contributed by atoms with Crippen LogP contribution in [0.5, 0.6) is 11.5 Å². The molecule has 4 nitrogen and oxygen atoms in total. The van der Waals surface area contributed by atoms with Crippen LogP contribution in [0.2, 0.25) is 0 Å². The Labute approximate surface area is 98.1 Å². The second-order valence-electron chi connectivity index (χ2n) is 3.16. The highest BCUT2D eigenvalue weighted by Gasteiger charge is 2.04. The molecule has 85 valence electrons. The van der Waals surface area contributed by atoms with E-state index >= 15 is 0 Å². The lowest BCUT2D eigenvalue weighted by atomic mass is 10.3. The number of hydrogen-bond donors (Lipinski definition) is 1. The van der Waals surface area contributed by atoms with E-state index in [1.165, 1.54) is 16.9 Å². The summed E-state index contributed by atoms with van der Waals surface area (Å²) in [6.07, 6.45) is 3.09. The van der Waals surface area contributed by atoms with E-state index in [2.05, 4.69) is 4.76 Å². The van der Waals surface area contributed by atoms with Crippen LogP contribution < -0.4 is 14.2 Å². The Morgan fingerprint density at radius 3 is 2.53 bits per heavy atom. The third-order valence-electron chi connectivity index (χ3n) is 1.97. The lowest BCUT2D eigenvalue weighted by Gasteiger charge is -2.04. The summed E-state index contributed by atoms with van der Waals surface area (Å²) in [5.74, 6) is 0.595. The van der Waals surface area contributed by atoms with Crippen molar-refractivity contribution in [3.8, 4) is 11.5 Å². The van der Waals surface area contributed by atoms with Gasteiger partial charge in [-0.15, -0.1) is 0 Å². The van der Waals surface area contributed by atoms with Crippen LogP contribution in [-0.2, 0) is 0 Å². The summed E-state index contributed by atoms with van der Waals surface area (Å²) in [5, 5.41) is 8.41. The largest absolute Gasteiger partial charge is 0.659 e. The van der Waals surface area contributed by atoms with E-state index < -0.39 is 0 Å². The molecule has 0 spiro atoms. The van der Waals surface area contributed by atoms with Crippen molar-refractivity contribution >= 4 is 7.69 Å². The van der Waals surface area contributed by atoms with Gasteiger partial charge in [-0.05, 0) is 16.9 Å². The molecule has 0 amide bonds. The first-order valence-corrected chi connectivity index (χ1v) is 4.86. The number of ether oxygens (including phenoxy) is 1. The van der Waals surface area contributed by atoms with Gasteiger partial charge in [0.1, 0.15) is 17.3 Å². The van der Waals surface area contributed by atoms with Gasteiger partial charge in [0.15, 0.2) is 0 Å². The van der Waals surface area contributed by atoms with E-state index in [1.54, 1.807) is 36.7 Å². The first-order valence-electron chi connectivity index (χ1n) is 4.86. The Balaban J connectivity index is 2.08. The zero-order valence-electron chi connectivity index (χ0n) is 8.79. The second-order valence-corrected chi connectivity index (χ2v) is 3.16. The third-order valence-corrected chi connectivity index (χ3v) is 1.97. The van der Waals surface area contributed by atoms with E-state index in [4.69, 9.17) is 9.76 Å². The average molecular weight is 233 g/mol. The Kier molecular flexibility index (Phi) is 3.57. The topological polar surface area (TPSA) is 42.6 Å². The lowest BCUT2D eigenvalue weighted by molar-refractivity contribution is -0.862. The number of nitrogens with zero attached hydrogens (tertiary/aromatic N) is 1. The highest BCUT2D eigenvalue weighted by molar-refractivity contribution is 6.15. The van der Waals surface area contributed by atoms with E-state index in [0.29, 0.717) is 19.2 Å². The molecule has 0 bridgehead atoms. The zero-order chi connectivity index (χ0) is 12.1. The molecule has 1 heterocycles. The third kappa shape index (κ3) is 3.19. The van der Waals surface area contributed by atoms with E-state index in [1.807, 2.05) is 0 Å². The van der Waals surface area contributed by atoms with Crippen LogP contribution in [0, 0.1) is 5.82 Å². The summed E-state index contributed by atoms with van der Waals surface area (Å²) in [6, 6.07) is 9.10. The van der Waals surface area contributed by atoms with Gasteiger partial charge < -0.3 is 14.5 Å². The maximum atomic E-state index is 12.9. The smallest absolute Gasteiger partial charge is 0.457 e. The van der Waals surface area contributed by atoms with Crippen LogP contribution in [0.15, 0.2) is 48.8 Å². The number of rotatable bonds is 4. The summed E-state index contributed by atoms with van der Waals surface area (Å²) in [5.41, 5.74) is 0. The first-order chi connectivity index (χ1) is 8.28. The lowest BCUT2D eigenvalue weighted by Crippen LogP contribution is -2.43. The van der Waals surface area contributed by atoms with Crippen LogP contribution in [0.3, 0.4) is 0 Å². The second kappa shape index (κ2) is 5.31. The SMILES string of the molecule is O[B]O[n+]1ccc(Oc2cccc(F)c2)cc1. The standard InChI is InChI=1S/C11H9BFNO3/c13-9-2-1-3-11(8-9)16-10-4-6-14(7-5-10)17-12-15/h1-8,15H/q+1. The maximum absolute atomic E-state index is 12.9. The molecule has 1 N–H and O–H groups in total. The van der Waals surface area contributed by atoms with Crippen molar-refractivity contribution in [1.29, 1.82) is 0 Å². The molecular weight excluding hydrogens is 224 g/mol. The Morgan fingerprint density at radius 2 is 1.88 bits per heavy atom. The number of hydrogen-bond acceptors (Lipinski definition) is 3. The number of benzene rings is 1. The molecule has 2 aromatic rings. The number of aromatic nitrogens is 1. The number of pyridine rings is 1. The van der Waals surface area contributed by atoms with E-state index in [9.17, 15) is 4.39 Å². The molecule has 1 radical (unpaired) electrons. The molecule has 2 rings (SSSR count). The Hall–Kier alpha value is -2.08. The van der Waals surface area contributed by atoms with Crippen LogP contribution >= 0.6 is 0 Å². The normalized spacial score (nSPS) is 9.76. The fraction of sp³-hybridized carbons (Fsp3) is 0. The van der Waals surface area contributed by atoms with Crippen LogP contribution in [0.4, 0.5) is 4.39 Å². The maximum Gasteiger partial charge on any atom is 0.659 e. The number of halogens is 1. The quantitative estimate of drug-likeness (QED) is 0.629. The van der Waals surface area contributed by atoms with Gasteiger partial charge in [0, 0.05) is 18.2 Å². The summed E-state index contributed by atoms with van der Waals surface area (Å²) in [4.78, 5) is 0. The average Bonchev–Trinajstić information content (AvgIpc) is 2.32. The van der Waals surface area contributed by atoms with Crippen molar-refractivity contribution in [1.82, 2.24) is 0 Å². The monoisotopic (exact) mass is 233 g/mol. The summed E-state index contributed by atoms with van der Waals surface area (Å²) >= 11 is 0. The van der Waals surface area contributed by atoms with Crippen molar-refractivity contribution in [2.45, 2.75) is 0 Å². The van der Waals surface area contributed by atoms with Crippen molar-refractivity contribution in [3.05, 3.63) is 54.6 Å². The molecule has 0 saturated carbocycles. The molecule has 0 aliphatic rings. The summed E-state index contributed by atoms with van der Waals surface area (Å²) < 4.78 is 24.2. The molecule has 0 saturated heterocycles. The Bertz CT molecular complexity index is 492. The van der Waals surface area contributed by atoms with Gasteiger partial charge in [0.05, 0.1) is 0 Å². The van der Waals surface area contributed by atoms with E-state index in [-0.39, 0.29) is 5.82 Å². The molecule has 17 heavy (non-hydrogen) atoms. The van der Waals surface area contributed by atoms with Gasteiger partial charge in [-0.1, -0.05) is 6.07 Å². The molecule has 0 aliphatic heterocycles. The molecule has 0 atom stereocenters. The minimum atomic E-state index is -0.355. The van der Waals surface area contributed by atoms with Gasteiger partial charge in [0.2, 0.25) is 12.4 Å². The van der Waals surface area contributed by atoms with Gasteiger partial charge >= 0.3 is 7.69 Å². The molecule has 6 heteroatoms. The van der Waals surface area contributed by atoms with Crippen LogP contribution in [-0.4, -0.2) is 12.7 Å². The van der Waals surface area contributed by atoms with Gasteiger partial charge in [0.25, 0.3) is 0 Å². The molecule has 0 aliphatic carbocycles. The highest BCUT2D eigenvalue weighted by Crippen LogP contribution is 2.20. The predicted octanol–water partition coefficient (Wildman–Crippen LogP) is 0.861. The zero-order valence-corrected chi connectivity index (χ0v) is 8.79. The minimum absolute atomic E-state index is 0.355.